The minimum atomic E-state index is -0.519. The predicted octanol–water partition coefficient (Wildman–Crippen LogP) is 6.79. The monoisotopic (exact) mass is 599 g/mol. The van der Waals surface area contributed by atoms with E-state index in [2.05, 4.69) is 6.07 Å². The molecule has 0 saturated carbocycles. The Balaban J connectivity index is 1.41. The second-order valence-corrected chi connectivity index (χ2v) is 11.6. The number of fused-ring (bicyclic) bond motifs is 3. The van der Waals surface area contributed by atoms with Crippen LogP contribution in [0.2, 0.25) is 10.0 Å². The number of aryl methyl sites for hydroxylation is 1. The zero-order valence-corrected chi connectivity index (χ0v) is 23.5. The summed E-state index contributed by atoms with van der Waals surface area (Å²) in [4.78, 5) is 30.7. The molecule has 2 aromatic heterocycles. The summed E-state index contributed by atoms with van der Waals surface area (Å²) in [6.07, 6.45) is 3.17. The highest BCUT2D eigenvalue weighted by atomic mass is 35.5. The van der Waals surface area contributed by atoms with Crippen LogP contribution in [0.15, 0.2) is 98.6 Å². The van der Waals surface area contributed by atoms with Gasteiger partial charge in [0.25, 0.3) is 11.2 Å². The van der Waals surface area contributed by atoms with Crippen LogP contribution < -0.4 is 14.9 Å². The van der Waals surface area contributed by atoms with Crippen molar-refractivity contribution in [3.05, 3.63) is 147 Å². The van der Waals surface area contributed by atoms with Crippen molar-refractivity contribution in [2.75, 3.05) is 0 Å². The number of nitro groups is 1. The van der Waals surface area contributed by atoms with E-state index in [1.54, 1.807) is 53.1 Å². The fourth-order valence-electron chi connectivity index (χ4n) is 5.52. The van der Waals surface area contributed by atoms with E-state index < -0.39 is 11.0 Å². The Bertz CT molecular complexity index is 2110. The maximum absolute atomic E-state index is 14.0. The van der Waals surface area contributed by atoms with Crippen molar-refractivity contribution in [3.63, 3.8) is 0 Å². The molecule has 0 spiro atoms. The lowest BCUT2D eigenvalue weighted by atomic mass is 9.83. The topological polar surface area (TPSA) is 90.6 Å². The van der Waals surface area contributed by atoms with Gasteiger partial charge in [-0.05, 0) is 59.9 Å². The highest BCUT2D eigenvalue weighted by Crippen LogP contribution is 2.41. The number of benzene rings is 3. The van der Waals surface area contributed by atoms with Gasteiger partial charge in [0.15, 0.2) is 4.80 Å². The fourth-order valence-corrected chi connectivity index (χ4v) is 6.89. The summed E-state index contributed by atoms with van der Waals surface area (Å²) >= 11 is 13.8. The smallest absolute Gasteiger partial charge is 0.271 e. The number of allylic oxidation sites excluding steroid dienone is 1. The lowest BCUT2D eigenvalue weighted by Gasteiger charge is -2.30. The second-order valence-electron chi connectivity index (χ2n) is 9.79. The van der Waals surface area contributed by atoms with Crippen molar-refractivity contribution in [1.29, 1.82) is 0 Å². The summed E-state index contributed by atoms with van der Waals surface area (Å²) in [7, 11) is 0. The minimum Gasteiger partial charge on any atom is -0.457 e. The van der Waals surface area contributed by atoms with Crippen LogP contribution in [0.5, 0.6) is 0 Å². The number of furan rings is 1. The molecule has 1 aliphatic carbocycles. The van der Waals surface area contributed by atoms with Crippen LogP contribution in [0.1, 0.15) is 34.9 Å². The molecule has 0 radical (unpaired) electrons. The molecule has 1 aliphatic heterocycles. The van der Waals surface area contributed by atoms with Crippen molar-refractivity contribution in [3.8, 4) is 11.3 Å². The molecule has 202 valence electrons. The predicted molar refractivity (Wildman–Crippen MR) is 160 cm³/mol. The van der Waals surface area contributed by atoms with E-state index in [9.17, 15) is 14.9 Å². The van der Waals surface area contributed by atoms with Gasteiger partial charge in [0, 0.05) is 34.4 Å². The first-order valence-electron chi connectivity index (χ1n) is 12.8. The molecule has 3 heterocycles. The third-order valence-electron chi connectivity index (χ3n) is 7.36. The molecule has 0 amide bonds. The van der Waals surface area contributed by atoms with E-state index in [0.717, 1.165) is 23.3 Å². The molecule has 0 fully saturated rings. The van der Waals surface area contributed by atoms with Crippen LogP contribution in [0.4, 0.5) is 5.69 Å². The maximum atomic E-state index is 14.0. The van der Waals surface area contributed by atoms with Gasteiger partial charge in [-0.2, -0.15) is 0 Å². The average molecular weight is 600 g/mol. The summed E-state index contributed by atoms with van der Waals surface area (Å²) in [5, 5.41) is 12.7. The lowest BCUT2D eigenvalue weighted by molar-refractivity contribution is -0.384. The molecule has 41 heavy (non-hydrogen) atoms. The molecule has 5 aromatic rings. The lowest BCUT2D eigenvalue weighted by Crippen LogP contribution is -2.38. The first-order valence-corrected chi connectivity index (χ1v) is 14.4. The van der Waals surface area contributed by atoms with E-state index in [4.69, 9.17) is 32.6 Å². The van der Waals surface area contributed by atoms with E-state index in [0.29, 0.717) is 48.4 Å². The molecule has 7 rings (SSSR count). The van der Waals surface area contributed by atoms with Gasteiger partial charge in [-0.15, -0.1) is 0 Å². The molecule has 7 nitrogen and oxygen atoms in total. The van der Waals surface area contributed by atoms with Crippen molar-refractivity contribution in [2.45, 2.75) is 18.9 Å². The highest BCUT2D eigenvalue weighted by molar-refractivity contribution is 7.07. The van der Waals surface area contributed by atoms with Crippen molar-refractivity contribution in [1.82, 2.24) is 4.57 Å². The van der Waals surface area contributed by atoms with E-state index in [-0.39, 0.29) is 11.2 Å². The Hall–Kier alpha value is -4.24. The molecule has 2 aliphatic rings. The van der Waals surface area contributed by atoms with Crippen LogP contribution in [-0.2, 0) is 6.42 Å². The first-order chi connectivity index (χ1) is 19.9. The van der Waals surface area contributed by atoms with E-state index in [1.165, 1.54) is 23.0 Å². The SMILES string of the molecule is O=c1/c(=C\c2ccc(-c3cc(Cl)ccc3Cl)o2)sc2n1[C@@H](c1cccc([N+](=O)[O-])c1)C1=C(N=2)c2ccccc2CC1. The summed E-state index contributed by atoms with van der Waals surface area (Å²) in [6.45, 7) is 0. The largest absolute Gasteiger partial charge is 0.457 e. The average Bonchev–Trinajstić information content (AvgIpc) is 3.57. The summed E-state index contributed by atoms with van der Waals surface area (Å²) < 4.78 is 8.12. The zero-order valence-electron chi connectivity index (χ0n) is 21.2. The molecule has 0 N–H and O–H groups in total. The van der Waals surface area contributed by atoms with E-state index >= 15 is 0 Å². The van der Waals surface area contributed by atoms with Crippen molar-refractivity contribution < 1.29 is 9.34 Å². The van der Waals surface area contributed by atoms with Gasteiger partial charge < -0.3 is 4.42 Å². The molecular formula is C31H19Cl2N3O4S. The zero-order chi connectivity index (χ0) is 28.2. The van der Waals surface area contributed by atoms with Gasteiger partial charge in [0.1, 0.15) is 11.5 Å². The summed E-state index contributed by atoms with van der Waals surface area (Å²) in [5.41, 5.74) is 5.07. The molecule has 3 aromatic carbocycles. The minimum absolute atomic E-state index is 0.0252. The Morgan fingerprint density at radius 3 is 2.71 bits per heavy atom. The van der Waals surface area contributed by atoms with Crippen LogP contribution in [0.3, 0.4) is 0 Å². The fraction of sp³-hybridized carbons (Fsp3) is 0.0968. The van der Waals surface area contributed by atoms with Crippen LogP contribution >= 0.6 is 34.5 Å². The van der Waals surface area contributed by atoms with Gasteiger partial charge in [0.2, 0.25) is 0 Å². The van der Waals surface area contributed by atoms with Gasteiger partial charge in [-0.3, -0.25) is 19.5 Å². The number of rotatable bonds is 4. The van der Waals surface area contributed by atoms with Crippen LogP contribution in [-0.4, -0.2) is 9.49 Å². The van der Waals surface area contributed by atoms with Crippen LogP contribution in [0, 0.1) is 10.1 Å². The van der Waals surface area contributed by atoms with E-state index in [1.807, 2.05) is 24.3 Å². The number of non-ortho nitro benzene ring substituents is 1. The number of aromatic nitrogens is 1. The molecule has 0 saturated heterocycles. The van der Waals surface area contributed by atoms with Crippen LogP contribution in [0.25, 0.3) is 23.1 Å². The standard InChI is InChI=1S/C31H19Cl2N3O4S/c32-19-9-12-25(33)24(15-19)26-13-10-21(40-26)16-27-30(37)35-29(18-5-3-6-20(14-18)36(38)39)23-11-8-17-4-1-2-7-22(17)28(23)34-31(35)41-27/h1-7,9-10,12-16,29H,8,11H2/b27-16+/t29-/m0/s1. The molecule has 10 heteroatoms. The third-order valence-corrected chi connectivity index (χ3v) is 8.91. The van der Waals surface area contributed by atoms with Gasteiger partial charge in [0.05, 0.1) is 26.2 Å². The van der Waals surface area contributed by atoms with Gasteiger partial charge >= 0.3 is 0 Å². The Morgan fingerprint density at radius 1 is 1.00 bits per heavy atom. The Kier molecular flexibility index (Phi) is 6.27. The quantitative estimate of drug-likeness (QED) is 0.168. The molecule has 1 atom stereocenters. The number of hydrogen-bond donors (Lipinski definition) is 0. The maximum Gasteiger partial charge on any atom is 0.271 e. The van der Waals surface area contributed by atoms with Crippen molar-refractivity contribution in [2.24, 2.45) is 4.99 Å². The molecule has 0 bridgehead atoms. The number of halogens is 2. The Labute approximate surface area is 247 Å². The number of thiazole rings is 1. The number of hydrogen-bond acceptors (Lipinski definition) is 6. The van der Waals surface area contributed by atoms with Gasteiger partial charge in [-0.1, -0.05) is 70.9 Å². The summed E-state index contributed by atoms with van der Waals surface area (Å²) in [6, 6.07) is 22.8. The molecular weight excluding hydrogens is 581 g/mol. The number of nitrogens with zero attached hydrogens (tertiary/aromatic N) is 3. The molecule has 0 unspecified atom stereocenters. The van der Waals surface area contributed by atoms with Gasteiger partial charge in [-0.25, -0.2) is 4.99 Å². The first kappa shape index (κ1) is 25.7. The summed E-state index contributed by atoms with van der Waals surface area (Å²) in [5.74, 6) is 1.00. The van der Waals surface area contributed by atoms with Crippen molar-refractivity contribution >= 4 is 52.0 Å². The second kappa shape index (κ2) is 9.99. The third kappa shape index (κ3) is 4.44. The normalized spacial score (nSPS) is 16.1. The highest BCUT2D eigenvalue weighted by Gasteiger charge is 2.33. The Morgan fingerprint density at radius 2 is 1.85 bits per heavy atom. The number of nitro benzene ring substituents is 1.